The second-order valence-corrected chi connectivity index (χ2v) is 8.02. The third-order valence-corrected chi connectivity index (χ3v) is 5.57. The second-order valence-electron chi connectivity index (χ2n) is 7.59. The zero-order chi connectivity index (χ0) is 21.3. The van der Waals surface area contributed by atoms with E-state index < -0.39 is 0 Å². The predicted molar refractivity (Wildman–Crippen MR) is 113 cm³/mol. The quantitative estimate of drug-likeness (QED) is 0.617. The Morgan fingerprint density at radius 3 is 2.70 bits per heavy atom. The van der Waals surface area contributed by atoms with E-state index in [9.17, 15) is 4.79 Å². The van der Waals surface area contributed by atoms with Gasteiger partial charge in [-0.05, 0) is 37.5 Å². The van der Waals surface area contributed by atoms with Crippen molar-refractivity contribution in [3.8, 4) is 11.1 Å². The van der Waals surface area contributed by atoms with Crippen molar-refractivity contribution < 1.29 is 9.42 Å². The number of hydrogen-bond donors (Lipinski definition) is 0. The molecule has 2 aromatic heterocycles. The van der Waals surface area contributed by atoms with Crippen LogP contribution in [0.2, 0.25) is 5.02 Å². The molecule has 1 aromatic carbocycles. The summed E-state index contributed by atoms with van der Waals surface area (Å²) in [5.74, 6) is 0.599. The molecular weight excluding hydrogens is 404 g/mol. The van der Waals surface area contributed by atoms with Crippen molar-refractivity contribution >= 4 is 23.5 Å². The highest BCUT2D eigenvalue weighted by Crippen LogP contribution is 2.37. The molecule has 1 saturated heterocycles. The van der Waals surface area contributed by atoms with Crippen molar-refractivity contribution in [2.24, 2.45) is 0 Å². The molecule has 0 radical (unpaired) electrons. The van der Waals surface area contributed by atoms with Crippen molar-refractivity contribution in [2.45, 2.75) is 32.2 Å². The van der Waals surface area contributed by atoms with Crippen LogP contribution in [0.15, 0.2) is 35.1 Å². The number of anilines is 1. The van der Waals surface area contributed by atoms with Gasteiger partial charge < -0.3 is 9.80 Å². The maximum Gasteiger partial charge on any atom is 0.229 e. The van der Waals surface area contributed by atoms with E-state index in [1.54, 1.807) is 6.92 Å². The van der Waals surface area contributed by atoms with Crippen molar-refractivity contribution in [1.29, 1.82) is 0 Å². The first kappa shape index (κ1) is 20.3. The highest BCUT2D eigenvalue weighted by Gasteiger charge is 2.34. The molecule has 1 fully saturated rings. The summed E-state index contributed by atoms with van der Waals surface area (Å²) in [6.07, 6.45) is 3.74. The van der Waals surface area contributed by atoms with Gasteiger partial charge in [0.15, 0.2) is 0 Å². The van der Waals surface area contributed by atoms with Gasteiger partial charge in [-0.2, -0.15) is 0 Å². The SMILES string of the molecule is Cc1nonc1CC(=O)N1CCC[C@@H]1c1nc(N(C)C)ncc1-c1ccc(Cl)cc1. The summed E-state index contributed by atoms with van der Waals surface area (Å²) in [6.45, 7) is 2.46. The first-order valence-corrected chi connectivity index (χ1v) is 10.2. The largest absolute Gasteiger partial charge is 0.347 e. The Balaban J connectivity index is 1.71. The summed E-state index contributed by atoms with van der Waals surface area (Å²) in [5, 5.41) is 8.30. The van der Waals surface area contributed by atoms with Crippen molar-refractivity contribution in [3.05, 3.63) is 52.6 Å². The smallest absolute Gasteiger partial charge is 0.229 e. The summed E-state index contributed by atoms with van der Waals surface area (Å²) >= 11 is 6.07. The molecule has 8 nitrogen and oxygen atoms in total. The zero-order valence-electron chi connectivity index (χ0n) is 17.2. The van der Waals surface area contributed by atoms with Crippen LogP contribution in [0.1, 0.15) is 36.0 Å². The number of rotatable bonds is 5. The highest BCUT2D eigenvalue weighted by molar-refractivity contribution is 6.30. The molecule has 0 bridgehead atoms. The number of halogens is 1. The van der Waals surface area contributed by atoms with E-state index >= 15 is 0 Å². The van der Waals surface area contributed by atoms with Crippen LogP contribution in [-0.2, 0) is 11.2 Å². The third kappa shape index (κ3) is 4.00. The van der Waals surface area contributed by atoms with Gasteiger partial charge >= 0.3 is 0 Å². The fourth-order valence-corrected chi connectivity index (χ4v) is 3.84. The van der Waals surface area contributed by atoms with Gasteiger partial charge in [-0.3, -0.25) is 4.79 Å². The molecule has 3 aromatic rings. The number of benzene rings is 1. The van der Waals surface area contributed by atoms with Crippen LogP contribution in [-0.4, -0.2) is 51.7 Å². The molecule has 1 aliphatic rings. The molecule has 1 amide bonds. The number of aromatic nitrogens is 4. The lowest BCUT2D eigenvalue weighted by atomic mass is 9.99. The maximum absolute atomic E-state index is 13.1. The van der Waals surface area contributed by atoms with Gasteiger partial charge in [0.25, 0.3) is 0 Å². The summed E-state index contributed by atoms with van der Waals surface area (Å²) in [6, 6.07) is 7.46. The lowest BCUT2D eigenvalue weighted by molar-refractivity contribution is -0.131. The summed E-state index contributed by atoms with van der Waals surface area (Å²) in [4.78, 5) is 26.2. The number of carbonyl (C=O) groups excluding carboxylic acids is 1. The average molecular weight is 427 g/mol. The molecule has 0 N–H and O–H groups in total. The third-order valence-electron chi connectivity index (χ3n) is 5.31. The molecule has 0 saturated carbocycles. The van der Waals surface area contributed by atoms with Crippen LogP contribution in [0.25, 0.3) is 11.1 Å². The van der Waals surface area contributed by atoms with Crippen LogP contribution in [0.4, 0.5) is 5.95 Å². The highest BCUT2D eigenvalue weighted by atomic mass is 35.5. The Morgan fingerprint density at radius 1 is 1.27 bits per heavy atom. The number of aryl methyl sites for hydroxylation is 1. The number of likely N-dealkylation sites (tertiary alicyclic amines) is 1. The van der Waals surface area contributed by atoms with Crippen molar-refractivity contribution in [3.63, 3.8) is 0 Å². The number of amides is 1. The minimum Gasteiger partial charge on any atom is -0.347 e. The summed E-state index contributed by atoms with van der Waals surface area (Å²) in [7, 11) is 3.80. The Morgan fingerprint density at radius 2 is 2.03 bits per heavy atom. The normalized spacial score (nSPS) is 16.1. The zero-order valence-corrected chi connectivity index (χ0v) is 17.9. The number of carbonyl (C=O) groups is 1. The van der Waals surface area contributed by atoms with E-state index in [0.29, 0.717) is 28.9 Å². The Labute approximate surface area is 179 Å². The van der Waals surface area contributed by atoms with Crippen LogP contribution in [0.3, 0.4) is 0 Å². The maximum atomic E-state index is 13.1. The molecular formula is C21H23ClN6O2. The van der Waals surface area contributed by atoms with Gasteiger partial charge in [0, 0.05) is 37.4 Å². The van der Waals surface area contributed by atoms with Crippen LogP contribution in [0, 0.1) is 6.92 Å². The van der Waals surface area contributed by atoms with Gasteiger partial charge in [0.05, 0.1) is 18.2 Å². The molecule has 1 aliphatic heterocycles. The predicted octanol–water partition coefficient (Wildman–Crippen LogP) is 3.46. The summed E-state index contributed by atoms with van der Waals surface area (Å²) < 4.78 is 4.74. The van der Waals surface area contributed by atoms with Crippen molar-refractivity contribution in [2.75, 3.05) is 25.5 Å². The Bertz CT molecular complexity index is 1050. The fourth-order valence-electron chi connectivity index (χ4n) is 3.71. The number of hydrogen-bond acceptors (Lipinski definition) is 7. The van der Waals surface area contributed by atoms with E-state index in [2.05, 4.69) is 15.3 Å². The average Bonchev–Trinajstić information content (AvgIpc) is 3.37. The minimum atomic E-state index is -0.134. The molecule has 0 unspecified atom stereocenters. The molecule has 156 valence electrons. The lowest BCUT2D eigenvalue weighted by Crippen LogP contribution is -2.33. The topological polar surface area (TPSA) is 88.2 Å². The van der Waals surface area contributed by atoms with E-state index in [1.165, 1.54) is 0 Å². The molecule has 30 heavy (non-hydrogen) atoms. The van der Waals surface area contributed by atoms with E-state index in [0.717, 1.165) is 29.7 Å². The molecule has 3 heterocycles. The van der Waals surface area contributed by atoms with Crippen LogP contribution in [0.5, 0.6) is 0 Å². The van der Waals surface area contributed by atoms with Gasteiger partial charge in [0.1, 0.15) is 11.4 Å². The Hall–Kier alpha value is -3.00. The van der Waals surface area contributed by atoms with E-state index in [1.807, 2.05) is 54.4 Å². The van der Waals surface area contributed by atoms with Crippen LogP contribution >= 0.6 is 11.6 Å². The van der Waals surface area contributed by atoms with E-state index in [4.69, 9.17) is 21.2 Å². The standard InChI is InChI=1S/C21H23ClN6O2/c1-13-17(26-30-25-13)11-19(29)28-10-4-5-18(28)20-16(12-23-21(24-20)27(2)3)14-6-8-15(22)9-7-14/h6-9,12,18H,4-5,10-11H2,1-3H3/t18-/m1/s1. The van der Waals surface area contributed by atoms with Crippen molar-refractivity contribution in [1.82, 2.24) is 25.2 Å². The minimum absolute atomic E-state index is 0.0108. The number of nitrogens with zero attached hydrogens (tertiary/aromatic N) is 6. The fraction of sp³-hybridized carbons (Fsp3) is 0.381. The van der Waals surface area contributed by atoms with Crippen LogP contribution < -0.4 is 4.90 Å². The summed E-state index contributed by atoms with van der Waals surface area (Å²) in [5.41, 5.74) is 3.92. The molecule has 9 heteroatoms. The molecule has 0 aliphatic carbocycles. The first-order chi connectivity index (χ1) is 14.4. The van der Waals surface area contributed by atoms with Gasteiger partial charge in [-0.25, -0.2) is 14.6 Å². The second kappa shape index (κ2) is 8.39. The monoisotopic (exact) mass is 426 g/mol. The first-order valence-electron chi connectivity index (χ1n) is 9.81. The Kier molecular flexibility index (Phi) is 5.67. The molecule has 0 spiro atoms. The lowest BCUT2D eigenvalue weighted by Gasteiger charge is -2.26. The van der Waals surface area contributed by atoms with Gasteiger partial charge in [-0.1, -0.05) is 34.0 Å². The molecule has 4 rings (SSSR count). The van der Waals surface area contributed by atoms with Gasteiger partial charge in [-0.15, -0.1) is 0 Å². The van der Waals surface area contributed by atoms with Gasteiger partial charge in [0.2, 0.25) is 11.9 Å². The molecule has 1 atom stereocenters. The van der Waals surface area contributed by atoms with E-state index in [-0.39, 0.29) is 18.4 Å².